The second kappa shape index (κ2) is 30.3. The maximum absolute atomic E-state index is 10.9. The van der Waals surface area contributed by atoms with Crippen LogP contribution in [0.25, 0.3) is 0 Å². The highest BCUT2D eigenvalue weighted by Crippen LogP contribution is 2.10. The molecule has 242 valence electrons. The molecule has 0 spiro atoms. The van der Waals surface area contributed by atoms with Crippen LogP contribution in [-0.2, 0) is 52.2 Å². The summed E-state index contributed by atoms with van der Waals surface area (Å²) < 4.78 is 58.8. The Bertz CT molecular complexity index is 733. The zero-order chi connectivity index (χ0) is 30.2. The van der Waals surface area contributed by atoms with E-state index in [1.807, 2.05) is 0 Å². The van der Waals surface area contributed by atoms with Crippen LogP contribution in [0.2, 0.25) is 0 Å². The van der Waals surface area contributed by atoms with Crippen LogP contribution in [-0.4, -0.2) is 145 Å². The number of benzene rings is 1. The number of hydrogen-bond donors (Lipinski definition) is 0. The van der Waals surface area contributed by atoms with Crippen molar-refractivity contribution < 1.29 is 61.7 Å². The molecule has 0 saturated heterocycles. The van der Waals surface area contributed by atoms with Crippen LogP contribution < -0.4 is 4.74 Å². The van der Waals surface area contributed by atoms with Gasteiger partial charge >= 0.3 is 5.97 Å². The van der Waals surface area contributed by atoms with Crippen LogP contribution in [0.4, 0.5) is 0 Å². The number of ether oxygens (including phenoxy) is 11. The Labute approximate surface area is 248 Å². The fraction of sp³-hybridized carbons (Fsp3) is 0.724. The van der Waals surface area contributed by atoms with E-state index in [-0.39, 0.29) is 12.4 Å². The van der Waals surface area contributed by atoms with Crippen molar-refractivity contribution in [3.8, 4) is 5.75 Å². The molecule has 0 aromatic heterocycles. The maximum atomic E-state index is 10.9. The lowest BCUT2D eigenvalue weighted by Crippen LogP contribution is -2.15. The third-order valence-corrected chi connectivity index (χ3v) is 5.17. The van der Waals surface area contributed by atoms with Gasteiger partial charge in [-0.3, -0.25) is 9.59 Å². The first-order valence-electron chi connectivity index (χ1n) is 14.2. The van der Waals surface area contributed by atoms with E-state index >= 15 is 0 Å². The Morgan fingerprint density at radius 2 is 0.810 bits per heavy atom. The minimum Gasteiger partial charge on any atom is -0.491 e. The van der Waals surface area contributed by atoms with Gasteiger partial charge in [0.1, 0.15) is 18.6 Å². The fourth-order valence-electron chi connectivity index (χ4n) is 2.98. The summed E-state index contributed by atoms with van der Waals surface area (Å²) in [5.41, 5.74) is 0.615. The number of esters is 1. The second-order valence-electron chi connectivity index (χ2n) is 8.37. The van der Waals surface area contributed by atoms with Crippen LogP contribution in [0.3, 0.4) is 0 Å². The summed E-state index contributed by atoms with van der Waals surface area (Å²) in [6, 6.07) is 6.92. The quantitative estimate of drug-likeness (QED) is 0.0670. The highest BCUT2D eigenvalue weighted by Gasteiger charge is 2.00. The molecule has 0 N–H and O–H groups in total. The lowest BCUT2D eigenvalue weighted by Gasteiger charge is -2.09. The van der Waals surface area contributed by atoms with Gasteiger partial charge in [-0.1, -0.05) is 0 Å². The minimum atomic E-state index is -0.288. The van der Waals surface area contributed by atoms with Crippen molar-refractivity contribution in [1.29, 1.82) is 0 Å². The molecule has 0 heterocycles. The van der Waals surface area contributed by atoms with Crippen molar-refractivity contribution in [3.05, 3.63) is 29.8 Å². The molecule has 0 radical (unpaired) electrons. The largest absolute Gasteiger partial charge is 0.491 e. The third-order valence-electron chi connectivity index (χ3n) is 5.17. The summed E-state index contributed by atoms with van der Waals surface area (Å²) in [7, 11) is 1.35. The lowest BCUT2D eigenvalue weighted by atomic mass is 10.2. The molecule has 0 aliphatic rings. The standard InChI is InChI=1S/C29H48O13/c1-32-29(31)6-7-33-8-9-34-10-11-35-12-13-36-14-15-37-16-17-38-18-19-39-20-21-40-22-23-41-24-25-42-28-4-2-27(26-30)3-5-28/h2-5,26H,6-25H2,1H3. The van der Waals surface area contributed by atoms with Crippen LogP contribution in [0.15, 0.2) is 24.3 Å². The second-order valence-corrected chi connectivity index (χ2v) is 8.37. The van der Waals surface area contributed by atoms with Crippen molar-refractivity contribution in [3.63, 3.8) is 0 Å². The molecule has 1 aromatic rings. The summed E-state index contributed by atoms with van der Waals surface area (Å²) in [5.74, 6) is 0.413. The first-order chi connectivity index (χ1) is 20.8. The van der Waals surface area contributed by atoms with Gasteiger partial charge < -0.3 is 52.1 Å². The first-order valence-corrected chi connectivity index (χ1v) is 14.2. The molecule has 42 heavy (non-hydrogen) atoms. The molecule has 1 aromatic carbocycles. The Morgan fingerprint density at radius 3 is 1.12 bits per heavy atom. The van der Waals surface area contributed by atoms with Crippen LogP contribution >= 0.6 is 0 Å². The van der Waals surface area contributed by atoms with Crippen molar-refractivity contribution in [2.45, 2.75) is 6.42 Å². The lowest BCUT2D eigenvalue weighted by molar-refractivity contribution is -0.141. The molecule has 0 aliphatic heterocycles. The van der Waals surface area contributed by atoms with E-state index < -0.39 is 0 Å². The molecule has 1 rings (SSSR count). The summed E-state index contributed by atoms with van der Waals surface area (Å²) in [6.45, 7) is 8.87. The predicted octanol–water partition coefficient (Wildman–Crippen LogP) is 1.59. The molecule has 0 fully saturated rings. The van der Waals surface area contributed by atoms with Gasteiger partial charge in [-0.2, -0.15) is 0 Å². The van der Waals surface area contributed by atoms with Crippen LogP contribution in [0, 0.1) is 0 Å². The molecule has 13 heteroatoms. The van der Waals surface area contributed by atoms with Gasteiger partial charge in [0, 0.05) is 5.56 Å². The number of hydrogen-bond acceptors (Lipinski definition) is 13. The third kappa shape index (κ3) is 25.5. The van der Waals surface area contributed by atoms with Crippen LogP contribution in [0.5, 0.6) is 5.75 Å². The normalized spacial score (nSPS) is 11.1. The zero-order valence-electron chi connectivity index (χ0n) is 24.8. The zero-order valence-corrected chi connectivity index (χ0v) is 24.8. The van der Waals surface area contributed by atoms with Crippen molar-refractivity contribution >= 4 is 12.3 Å². The summed E-state index contributed by atoms with van der Waals surface area (Å²) >= 11 is 0. The monoisotopic (exact) mass is 604 g/mol. The highest BCUT2D eigenvalue weighted by molar-refractivity contribution is 5.74. The molecular formula is C29H48O13. The minimum absolute atomic E-state index is 0.242. The predicted molar refractivity (Wildman–Crippen MR) is 151 cm³/mol. The number of rotatable bonds is 32. The van der Waals surface area contributed by atoms with Crippen molar-refractivity contribution in [2.75, 3.05) is 133 Å². The van der Waals surface area contributed by atoms with E-state index in [0.29, 0.717) is 137 Å². The highest BCUT2D eigenvalue weighted by atomic mass is 16.6. The first kappa shape index (κ1) is 37.8. The molecule has 0 atom stereocenters. The summed E-state index contributed by atoms with van der Waals surface area (Å²) in [4.78, 5) is 21.5. The Kier molecular flexibility index (Phi) is 27.3. The average Bonchev–Trinajstić information content (AvgIpc) is 3.02. The van der Waals surface area contributed by atoms with Gasteiger partial charge in [0.15, 0.2) is 0 Å². The summed E-state index contributed by atoms with van der Waals surface area (Å²) in [5, 5.41) is 0. The molecule has 0 saturated carbocycles. The Morgan fingerprint density at radius 1 is 0.500 bits per heavy atom. The Hall–Kier alpha value is -2.20. The van der Waals surface area contributed by atoms with Gasteiger partial charge in [0.2, 0.25) is 0 Å². The SMILES string of the molecule is COC(=O)CCOCCOCCOCCOCCOCCOCCOCCOCCOCCOc1ccc(C=O)cc1. The molecule has 0 amide bonds. The van der Waals surface area contributed by atoms with Gasteiger partial charge in [0.05, 0.1) is 132 Å². The number of carbonyl (C=O) groups excluding carboxylic acids is 2. The van der Waals surface area contributed by atoms with E-state index in [2.05, 4.69) is 4.74 Å². The summed E-state index contributed by atoms with van der Waals surface area (Å²) in [6.07, 6.45) is 1.04. The van der Waals surface area contributed by atoms with Crippen molar-refractivity contribution in [1.82, 2.24) is 0 Å². The van der Waals surface area contributed by atoms with E-state index in [1.54, 1.807) is 24.3 Å². The number of carbonyl (C=O) groups is 2. The Balaban J connectivity index is 1.65. The topological polar surface area (TPSA) is 136 Å². The van der Waals surface area contributed by atoms with E-state index in [0.717, 1.165) is 6.29 Å². The molecule has 0 bridgehead atoms. The number of methoxy groups -OCH3 is 1. The van der Waals surface area contributed by atoms with E-state index in [9.17, 15) is 9.59 Å². The van der Waals surface area contributed by atoms with E-state index in [4.69, 9.17) is 47.4 Å². The van der Waals surface area contributed by atoms with Gasteiger partial charge in [-0.25, -0.2) is 0 Å². The molecule has 0 unspecified atom stereocenters. The van der Waals surface area contributed by atoms with Crippen molar-refractivity contribution in [2.24, 2.45) is 0 Å². The molecule has 0 aliphatic carbocycles. The van der Waals surface area contributed by atoms with Crippen LogP contribution in [0.1, 0.15) is 16.8 Å². The van der Waals surface area contributed by atoms with E-state index in [1.165, 1.54) is 7.11 Å². The van der Waals surface area contributed by atoms with Gasteiger partial charge in [-0.15, -0.1) is 0 Å². The van der Waals surface area contributed by atoms with Gasteiger partial charge in [-0.05, 0) is 24.3 Å². The van der Waals surface area contributed by atoms with Gasteiger partial charge in [0.25, 0.3) is 0 Å². The molecule has 13 nitrogen and oxygen atoms in total. The molecular weight excluding hydrogens is 556 g/mol. The smallest absolute Gasteiger partial charge is 0.307 e. The number of aldehydes is 1. The average molecular weight is 605 g/mol. The fourth-order valence-corrected chi connectivity index (χ4v) is 2.98. The maximum Gasteiger partial charge on any atom is 0.307 e.